The number of aromatic nitrogens is 3. The number of nitrogens with zero attached hydrogens (tertiary/aromatic N) is 6. The van der Waals surface area contributed by atoms with Gasteiger partial charge >= 0.3 is 5.97 Å². The fraction of sp³-hybridized carbons (Fsp3) is 0.692. The second-order valence-corrected chi connectivity index (χ2v) is 5.20. The number of rotatable bonds is 10. The molecule has 0 aliphatic carbocycles. The minimum Gasteiger partial charge on any atom is -0.481 e. The van der Waals surface area contributed by atoms with Crippen molar-refractivity contribution in [3.8, 4) is 0 Å². The average molecular weight is 394 g/mol. The van der Waals surface area contributed by atoms with Gasteiger partial charge < -0.3 is 35.7 Å². The van der Waals surface area contributed by atoms with Gasteiger partial charge in [-0.3, -0.25) is 19.5 Å². The number of aliphatic hydroxyl groups excluding tert-OH is 6. The van der Waals surface area contributed by atoms with E-state index in [1.54, 1.807) is 13.8 Å². The number of carboxylic acid groups (broad SMARTS) is 1. The van der Waals surface area contributed by atoms with Crippen molar-refractivity contribution in [2.75, 3.05) is 55.1 Å². The first kappa shape index (κ1) is 24.6. The standard InChI is InChI=1S/C9H18N6O6.C4H8O2/c16-1-13(2-17)7-10-8(14(3-18)4-19)12-9(11-7)15(5-20)6-21;1-3(2)4(5)6/h16-21H,1-6H2;3H,1-2H3,(H,5,6). The number of hydrogen-bond donors (Lipinski definition) is 7. The van der Waals surface area contributed by atoms with E-state index >= 15 is 0 Å². The molecule has 0 aliphatic rings. The van der Waals surface area contributed by atoms with Gasteiger partial charge in [-0.1, -0.05) is 13.8 Å². The normalized spacial score (nSPS) is 10.3. The first-order chi connectivity index (χ1) is 12.8. The van der Waals surface area contributed by atoms with Crippen LogP contribution < -0.4 is 14.7 Å². The van der Waals surface area contributed by atoms with Crippen molar-refractivity contribution in [2.24, 2.45) is 5.92 Å². The highest BCUT2D eigenvalue weighted by atomic mass is 16.4. The van der Waals surface area contributed by atoms with Gasteiger partial charge in [0.05, 0.1) is 5.92 Å². The van der Waals surface area contributed by atoms with Gasteiger partial charge in [-0.15, -0.1) is 0 Å². The Kier molecular flexibility index (Phi) is 11.8. The average Bonchev–Trinajstić information content (AvgIpc) is 2.65. The zero-order valence-electron chi connectivity index (χ0n) is 15.0. The van der Waals surface area contributed by atoms with E-state index < -0.39 is 46.4 Å². The van der Waals surface area contributed by atoms with Crippen LogP contribution in [0.2, 0.25) is 0 Å². The van der Waals surface area contributed by atoms with Crippen LogP contribution in [0.5, 0.6) is 0 Å². The van der Waals surface area contributed by atoms with Gasteiger partial charge in [-0.2, -0.15) is 15.0 Å². The van der Waals surface area contributed by atoms with Crippen LogP contribution in [0.25, 0.3) is 0 Å². The molecular formula is C13H26N6O8. The molecule has 1 aromatic rings. The predicted octanol–water partition coefficient (Wildman–Crippen LogP) is -3.28. The topological polar surface area (TPSA) is 207 Å². The maximum atomic E-state index is 9.70. The molecule has 0 saturated carbocycles. The van der Waals surface area contributed by atoms with Crippen molar-refractivity contribution in [2.45, 2.75) is 13.8 Å². The van der Waals surface area contributed by atoms with Crippen molar-refractivity contribution in [1.29, 1.82) is 0 Å². The lowest BCUT2D eigenvalue weighted by Crippen LogP contribution is -2.34. The molecule has 0 radical (unpaired) electrons. The summed E-state index contributed by atoms with van der Waals surface area (Å²) >= 11 is 0. The highest BCUT2D eigenvalue weighted by molar-refractivity contribution is 5.68. The number of hydrogen-bond acceptors (Lipinski definition) is 13. The molecule has 7 N–H and O–H groups in total. The minimum atomic E-state index is -0.741. The first-order valence-electron chi connectivity index (χ1n) is 7.68. The molecule has 0 bridgehead atoms. The molecule has 0 aliphatic heterocycles. The zero-order chi connectivity index (χ0) is 21.0. The molecule has 1 heterocycles. The molecule has 0 fully saturated rings. The summed E-state index contributed by atoms with van der Waals surface area (Å²) in [6.07, 6.45) is 0. The van der Waals surface area contributed by atoms with Gasteiger partial charge in [0.1, 0.15) is 40.4 Å². The van der Waals surface area contributed by atoms with Crippen molar-refractivity contribution in [3.63, 3.8) is 0 Å². The van der Waals surface area contributed by atoms with Gasteiger partial charge in [0, 0.05) is 0 Å². The highest BCUT2D eigenvalue weighted by Gasteiger charge is 2.18. The number of carbonyl (C=O) groups is 1. The summed E-state index contributed by atoms with van der Waals surface area (Å²) in [5.41, 5.74) is 0. The molecule has 0 unspecified atom stereocenters. The van der Waals surface area contributed by atoms with Gasteiger partial charge in [0.25, 0.3) is 0 Å². The van der Waals surface area contributed by atoms with Crippen LogP contribution in [-0.2, 0) is 4.79 Å². The van der Waals surface area contributed by atoms with Crippen LogP contribution in [0.4, 0.5) is 17.8 Å². The van der Waals surface area contributed by atoms with E-state index in [1.165, 1.54) is 0 Å². The SMILES string of the molecule is CC(C)C(=O)O.OCN(CO)c1nc(N(CO)CO)nc(N(CO)CO)n1. The predicted molar refractivity (Wildman–Crippen MR) is 92.3 cm³/mol. The Morgan fingerprint density at radius 3 is 1.00 bits per heavy atom. The minimum absolute atomic E-state index is 0.168. The number of anilines is 3. The summed E-state index contributed by atoms with van der Waals surface area (Å²) in [6.45, 7) is -0.325. The smallest absolute Gasteiger partial charge is 0.305 e. The Balaban J connectivity index is 0.000000972. The van der Waals surface area contributed by atoms with E-state index in [2.05, 4.69) is 15.0 Å². The fourth-order valence-electron chi connectivity index (χ4n) is 1.28. The van der Waals surface area contributed by atoms with E-state index in [1.807, 2.05) is 0 Å². The third-order valence-electron chi connectivity index (χ3n) is 2.97. The van der Waals surface area contributed by atoms with Gasteiger partial charge in [0.15, 0.2) is 0 Å². The van der Waals surface area contributed by atoms with E-state index in [0.29, 0.717) is 0 Å². The van der Waals surface area contributed by atoms with Crippen LogP contribution in [0.3, 0.4) is 0 Å². The summed E-state index contributed by atoms with van der Waals surface area (Å²) in [5, 5.41) is 62.6. The lowest BCUT2D eigenvalue weighted by Gasteiger charge is -2.24. The maximum Gasteiger partial charge on any atom is 0.305 e. The molecule has 0 saturated heterocycles. The Bertz CT molecular complexity index is 477. The molecule has 0 aromatic carbocycles. The summed E-state index contributed by atoms with van der Waals surface area (Å²) in [5.74, 6) is -1.48. The third kappa shape index (κ3) is 7.81. The van der Waals surface area contributed by atoms with Crippen molar-refractivity contribution >= 4 is 23.8 Å². The van der Waals surface area contributed by atoms with E-state index in [-0.39, 0.29) is 23.8 Å². The number of aliphatic carboxylic acids is 1. The van der Waals surface area contributed by atoms with Crippen LogP contribution in [0.1, 0.15) is 13.8 Å². The Morgan fingerprint density at radius 1 is 0.704 bits per heavy atom. The summed E-state index contributed by atoms with van der Waals surface area (Å²) in [6, 6.07) is 0. The number of aliphatic hydroxyl groups is 6. The molecule has 0 atom stereocenters. The summed E-state index contributed by atoms with van der Waals surface area (Å²) in [7, 11) is 0. The molecule has 1 rings (SSSR count). The van der Waals surface area contributed by atoms with Crippen LogP contribution in [-0.4, -0.2) is 97.1 Å². The molecule has 0 spiro atoms. The largest absolute Gasteiger partial charge is 0.481 e. The van der Waals surface area contributed by atoms with Gasteiger partial charge in [-0.25, -0.2) is 0 Å². The van der Waals surface area contributed by atoms with E-state index in [0.717, 1.165) is 14.7 Å². The number of carboxylic acids is 1. The van der Waals surface area contributed by atoms with Crippen LogP contribution >= 0.6 is 0 Å². The lowest BCUT2D eigenvalue weighted by atomic mass is 10.2. The molecule has 14 nitrogen and oxygen atoms in total. The second-order valence-electron chi connectivity index (χ2n) is 5.20. The molecule has 0 amide bonds. The van der Waals surface area contributed by atoms with Crippen molar-refractivity contribution < 1.29 is 40.5 Å². The zero-order valence-corrected chi connectivity index (χ0v) is 15.0. The van der Waals surface area contributed by atoms with Gasteiger partial charge in [0.2, 0.25) is 17.8 Å². The second kappa shape index (κ2) is 12.9. The summed E-state index contributed by atoms with van der Waals surface area (Å²) < 4.78 is 0. The molecule has 156 valence electrons. The third-order valence-corrected chi connectivity index (χ3v) is 2.97. The van der Waals surface area contributed by atoms with Crippen LogP contribution in [0, 0.1) is 5.92 Å². The van der Waals surface area contributed by atoms with Gasteiger partial charge in [-0.05, 0) is 0 Å². The highest BCUT2D eigenvalue weighted by Crippen LogP contribution is 2.18. The van der Waals surface area contributed by atoms with Crippen LogP contribution in [0.15, 0.2) is 0 Å². The quantitative estimate of drug-likeness (QED) is 0.194. The maximum absolute atomic E-state index is 9.70. The Hall–Kier alpha value is -2.36. The Morgan fingerprint density at radius 2 is 0.889 bits per heavy atom. The summed E-state index contributed by atoms with van der Waals surface area (Å²) in [4.78, 5) is 24.2. The monoisotopic (exact) mass is 394 g/mol. The molecule has 27 heavy (non-hydrogen) atoms. The molecular weight excluding hydrogens is 368 g/mol. The fourth-order valence-corrected chi connectivity index (χ4v) is 1.28. The van der Waals surface area contributed by atoms with Crippen molar-refractivity contribution in [3.05, 3.63) is 0 Å². The molecule has 14 heteroatoms. The van der Waals surface area contributed by atoms with E-state index in [4.69, 9.17) is 35.7 Å². The molecule has 1 aromatic heterocycles. The van der Waals surface area contributed by atoms with E-state index in [9.17, 15) is 4.79 Å². The lowest BCUT2D eigenvalue weighted by molar-refractivity contribution is -0.140. The van der Waals surface area contributed by atoms with Crippen molar-refractivity contribution in [1.82, 2.24) is 15.0 Å². The Labute approximate surface area is 155 Å². The first-order valence-corrected chi connectivity index (χ1v) is 7.68.